The number of carbonyl (C=O) groups excluding carboxylic acids is 1. The molecule has 1 amide bonds. The maximum absolute atomic E-state index is 12.7. The Hall–Kier alpha value is -1.78. The minimum atomic E-state index is -0.704. The molecule has 4 nitrogen and oxygen atoms in total. The summed E-state index contributed by atoms with van der Waals surface area (Å²) in [4.78, 5) is 10.6. The Morgan fingerprint density at radius 3 is 2.39 bits per heavy atom. The number of carbonyl (C=O) groups is 1. The Morgan fingerprint density at radius 2 is 1.83 bits per heavy atom. The van der Waals surface area contributed by atoms with Gasteiger partial charge >= 0.3 is 6.09 Å². The van der Waals surface area contributed by atoms with Gasteiger partial charge in [0, 0.05) is 11.7 Å². The fourth-order valence-corrected chi connectivity index (χ4v) is 2.27. The van der Waals surface area contributed by atoms with Crippen molar-refractivity contribution in [1.82, 2.24) is 0 Å². The third-order valence-electron chi connectivity index (χ3n) is 3.17. The molecular weight excluding hydrogens is 235 g/mol. The molecule has 0 aliphatic heterocycles. The molecule has 1 aliphatic rings. The second-order valence-corrected chi connectivity index (χ2v) is 4.56. The minimum absolute atomic E-state index is 0.0613. The van der Waals surface area contributed by atoms with Crippen LogP contribution in [0.25, 0.3) is 0 Å². The summed E-state index contributed by atoms with van der Waals surface area (Å²) in [5, 5.41) is 3.34. The van der Waals surface area contributed by atoms with E-state index in [1.807, 2.05) is 0 Å². The molecule has 0 atom stereocenters. The van der Waals surface area contributed by atoms with Gasteiger partial charge in [0.1, 0.15) is 11.9 Å². The van der Waals surface area contributed by atoms with Gasteiger partial charge in [-0.1, -0.05) is 0 Å². The standard InChI is InChI=1S/C13H17FN2O2/c14-9-1-3-10(4-2-9)16-11-5-7-12(8-6-11)18-13(15)17/h1-4,11-12,16H,5-8H2,(H2,15,17). The topological polar surface area (TPSA) is 64.4 Å². The Balaban J connectivity index is 1.79. The highest BCUT2D eigenvalue weighted by molar-refractivity contribution is 5.64. The molecular formula is C13H17FN2O2. The monoisotopic (exact) mass is 252 g/mol. The highest BCUT2D eigenvalue weighted by Crippen LogP contribution is 2.24. The smallest absolute Gasteiger partial charge is 0.404 e. The van der Waals surface area contributed by atoms with E-state index in [-0.39, 0.29) is 11.9 Å². The van der Waals surface area contributed by atoms with Gasteiger partial charge in [0.15, 0.2) is 0 Å². The first-order chi connectivity index (χ1) is 8.63. The number of benzene rings is 1. The zero-order valence-electron chi connectivity index (χ0n) is 10.1. The van der Waals surface area contributed by atoms with Crippen LogP contribution in [-0.2, 0) is 4.74 Å². The van der Waals surface area contributed by atoms with Gasteiger partial charge in [0.05, 0.1) is 0 Å². The molecule has 2 rings (SSSR count). The van der Waals surface area contributed by atoms with E-state index in [1.165, 1.54) is 12.1 Å². The molecule has 1 aliphatic carbocycles. The van der Waals surface area contributed by atoms with E-state index in [1.54, 1.807) is 12.1 Å². The summed E-state index contributed by atoms with van der Waals surface area (Å²) in [6.45, 7) is 0. The van der Waals surface area contributed by atoms with E-state index >= 15 is 0 Å². The van der Waals surface area contributed by atoms with E-state index in [4.69, 9.17) is 10.5 Å². The summed E-state index contributed by atoms with van der Waals surface area (Å²) in [6, 6.07) is 6.65. The number of rotatable bonds is 3. The zero-order valence-corrected chi connectivity index (χ0v) is 10.1. The maximum Gasteiger partial charge on any atom is 0.404 e. The largest absolute Gasteiger partial charge is 0.446 e. The van der Waals surface area contributed by atoms with Gasteiger partial charge in [-0.15, -0.1) is 0 Å². The van der Waals surface area contributed by atoms with Crippen LogP contribution >= 0.6 is 0 Å². The van der Waals surface area contributed by atoms with Crippen molar-refractivity contribution in [3.63, 3.8) is 0 Å². The molecule has 98 valence electrons. The Bertz CT molecular complexity index is 400. The van der Waals surface area contributed by atoms with Gasteiger partial charge in [0.25, 0.3) is 0 Å². The van der Waals surface area contributed by atoms with Crippen LogP contribution in [0.3, 0.4) is 0 Å². The minimum Gasteiger partial charge on any atom is -0.446 e. The zero-order chi connectivity index (χ0) is 13.0. The summed E-state index contributed by atoms with van der Waals surface area (Å²) < 4.78 is 17.7. The predicted molar refractivity (Wildman–Crippen MR) is 66.7 cm³/mol. The molecule has 1 aromatic carbocycles. The van der Waals surface area contributed by atoms with Crippen LogP contribution in [-0.4, -0.2) is 18.2 Å². The lowest BCUT2D eigenvalue weighted by Crippen LogP contribution is -2.32. The number of hydrogen-bond donors (Lipinski definition) is 2. The molecule has 18 heavy (non-hydrogen) atoms. The van der Waals surface area contributed by atoms with Crippen LogP contribution in [0.4, 0.5) is 14.9 Å². The summed E-state index contributed by atoms with van der Waals surface area (Å²) in [5.74, 6) is -0.237. The average molecular weight is 252 g/mol. The van der Waals surface area contributed by atoms with Gasteiger partial charge in [-0.2, -0.15) is 0 Å². The molecule has 0 spiro atoms. The number of amides is 1. The van der Waals surface area contributed by atoms with Crippen molar-refractivity contribution in [1.29, 1.82) is 0 Å². The molecule has 0 bridgehead atoms. The molecule has 0 unspecified atom stereocenters. The number of hydrogen-bond acceptors (Lipinski definition) is 3. The lowest BCUT2D eigenvalue weighted by atomic mass is 9.93. The van der Waals surface area contributed by atoms with E-state index in [0.717, 1.165) is 31.4 Å². The van der Waals surface area contributed by atoms with Crippen molar-refractivity contribution in [3.8, 4) is 0 Å². The molecule has 0 radical (unpaired) electrons. The molecule has 0 heterocycles. The first kappa shape index (κ1) is 12.7. The van der Waals surface area contributed by atoms with Crippen molar-refractivity contribution in [3.05, 3.63) is 30.1 Å². The number of ether oxygens (including phenoxy) is 1. The van der Waals surface area contributed by atoms with Crippen LogP contribution < -0.4 is 11.1 Å². The second kappa shape index (κ2) is 5.71. The third-order valence-corrected chi connectivity index (χ3v) is 3.17. The summed E-state index contributed by atoms with van der Waals surface area (Å²) in [6.07, 6.45) is 2.67. The lowest BCUT2D eigenvalue weighted by Gasteiger charge is -2.29. The van der Waals surface area contributed by atoms with Gasteiger partial charge in [0.2, 0.25) is 0 Å². The number of primary amides is 1. The first-order valence-corrected chi connectivity index (χ1v) is 6.11. The number of anilines is 1. The Kier molecular flexibility index (Phi) is 4.02. The van der Waals surface area contributed by atoms with Gasteiger partial charge in [-0.05, 0) is 49.9 Å². The van der Waals surface area contributed by atoms with E-state index in [9.17, 15) is 9.18 Å². The highest BCUT2D eigenvalue weighted by atomic mass is 19.1. The summed E-state index contributed by atoms with van der Waals surface area (Å²) >= 11 is 0. The van der Waals surface area contributed by atoms with Crippen molar-refractivity contribution in [2.24, 2.45) is 5.73 Å². The first-order valence-electron chi connectivity index (χ1n) is 6.11. The van der Waals surface area contributed by atoms with Crippen molar-refractivity contribution >= 4 is 11.8 Å². The fraction of sp³-hybridized carbons (Fsp3) is 0.462. The van der Waals surface area contributed by atoms with Crippen molar-refractivity contribution in [2.45, 2.75) is 37.8 Å². The van der Waals surface area contributed by atoms with Crippen LogP contribution in [0.5, 0.6) is 0 Å². The third kappa shape index (κ3) is 3.61. The van der Waals surface area contributed by atoms with Crippen LogP contribution in [0, 0.1) is 5.82 Å². The van der Waals surface area contributed by atoms with E-state index in [0.29, 0.717) is 6.04 Å². The predicted octanol–water partition coefficient (Wildman–Crippen LogP) is 2.64. The van der Waals surface area contributed by atoms with Gasteiger partial charge in [-0.3, -0.25) is 0 Å². The molecule has 0 aromatic heterocycles. The van der Waals surface area contributed by atoms with Gasteiger partial charge in [-0.25, -0.2) is 9.18 Å². The molecule has 5 heteroatoms. The Morgan fingerprint density at radius 1 is 1.22 bits per heavy atom. The van der Waals surface area contributed by atoms with Crippen LogP contribution in [0.1, 0.15) is 25.7 Å². The molecule has 0 saturated heterocycles. The summed E-state index contributed by atoms with van der Waals surface area (Å²) in [7, 11) is 0. The molecule has 1 fully saturated rings. The van der Waals surface area contributed by atoms with Crippen LogP contribution in [0.2, 0.25) is 0 Å². The summed E-state index contributed by atoms with van der Waals surface area (Å²) in [5.41, 5.74) is 5.90. The van der Waals surface area contributed by atoms with Crippen LogP contribution in [0.15, 0.2) is 24.3 Å². The highest BCUT2D eigenvalue weighted by Gasteiger charge is 2.23. The molecule has 1 saturated carbocycles. The lowest BCUT2D eigenvalue weighted by molar-refractivity contribution is 0.0806. The number of nitrogens with one attached hydrogen (secondary N) is 1. The van der Waals surface area contributed by atoms with Crippen molar-refractivity contribution in [2.75, 3.05) is 5.32 Å². The fourth-order valence-electron chi connectivity index (χ4n) is 2.27. The number of nitrogens with two attached hydrogens (primary N) is 1. The molecule has 1 aromatic rings. The molecule has 3 N–H and O–H groups in total. The quantitative estimate of drug-likeness (QED) is 0.869. The maximum atomic E-state index is 12.7. The number of halogens is 1. The Labute approximate surface area is 105 Å². The van der Waals surface area contributed by atoms with Gasteiger partial charge < -0.3 is 15.8 Å². The average Bonchev–Trinajstić information content (AvgIpc) is 2.34. The van der Waals surface area contributed by atoms with E-state index < -0.39 is 6.09 Å². The van der Waals surface area contributed by atoms with Crippen molar-refractivity contribution < 1.29 is 13.9 Å². The second-order valence-electron chi connectivity index (χ2n) is 4.56. The normalized spacial score (nSPS) is 23.4. The van der Waals surface area contributed by atoms with E-state index in [2.05, 4.69) is 5.32 Å². The SMILES string of the molecule is NC(=O)OC1CCC(Nc2ccc(F)cc2)CC1.